The third kappa shape index (κ3) is 3.05. The van der Waals surface area contributed by atoms with Gasteiger partial charge >= 0.3 is 0 Å². The summed E-state index contributed by atoms with van der Waals surface area (Å²) in [5, 5.41) is 0. The van der Waals surface area contributed by atoms with Crippen molar-refractivity contribution in [1.82, 2.24) is 0 Å². The summed E-state index contributed by atoms with van der Waals surface area (Å²) in [6.45, 7) is 0. The topological polar surface area (TPSA) is 12.4 Å². The Morgan fingerprint density at radius 1 is 2.50 bits per heavy atom. The standard InChI is InChI=1S/HINPS/c1-2-4-3/h3H/i3T. The number of halogens is 1. The van der Waals surface area contributed by atoms with Crippen molar-refractivity contribution in [2.75, 3.05) is 0 Å². The third-order valence-electron chi connectivity index (χ3n) is 0.0309. The van der Waals surface area contributed by atoms with Crippen LogP contribution in [0.3, 0.4) is 0 Å². The molecule has 0 amide bonds. The lowest BCUT2D eigenvalue weighted by atomic mass is 14.0. The number of nitrogens with zero attached hydrogens (tertiary/aromatic N) is 1. The molecular formula is HINPS. The van der Waals surface area contributed by atoms with Crippen molar-refractivity contribution in [3.05, 3.63) is 0 Å². The van der Waals surface area contributed by atoms with Gasteiger partial charge in [-0.05, 0) is 18.7 Å². The molecule has 0 aliphatic carbocycles. The minimum atomic E-state index is 0.522. The summed E-state index contributed by atoms with van der Waals surface area (Å²) in [6, 6.07) is 0. The van der Waals surface area contributed by atoms with Gasteiger partial charge in [0.25, 0.3) is 0 Å². The zero-order valence-corrected chi connectivity index (χ0v) is 5.55. The van der Waals surface area contributed by atoms with E-state index in [0.29, 0.717) is 7.96 Å². The lowest BCUT2D eigenvalue weighted by Crippen LogP contribution is -1.01. The van der Waals surface area contributed by atoms with E-state index in [0.717, 1.165) is 0 Å². The Morgan fingerprint density at radius 2 is 3.25 bits per heavy atom. The maximum atomic E-state index is 6.44. The summed E-state index contributed by atoms with van der Waals surface area (Å²) in [5.74, 6) is 0. The van der Waals surface area contributed by atoms with E-state index in [1.165, 1.54) is 10.7 Å². The Bertz CT molecular complexity index is 60.0. The van der Waals surface area contributed by atoms with Crippen molar-refractivity contribution in [2.24, 2.45) is 2.58 Å². The summed E-state index contributed by atoms with van der Waals surface area (Å²) in [4.78, 5) is 0. The summed E-state index contributed by atoms with van der Waals surface area (Å²) in [6.07, 6.45) is 0. The highest BCUT2D eigenvalue weighted by Crippen LogP contribution is 1.75. The molecule has 0 saturated carbocycles. The zero-order valence-electron chi connectivity index (χ0n) is 2.68. The van der Waals surface area contributed by atoms with Gasteiger partial charge in [0.1, 0.15) is 1.28 Å². The van der Waals surface area contributed by atoms with Gasteiger partial charge in [-0.1, -0.05) is 0 Å². The van der Waals surface area contributed by atoms with E-state index in [4.69, 9.17) is 1.28 Å². The summed E-state index contributed by atoms with van der Waals surface area (Å²) < 4.78 is 9.98. The maximum Gasteiger partial charge on any atom is 0.106 e. The summed E-state index contributed by atoms with van der Waals surface area (Å²) >= 11 is 1.85. The second kappa shape index (κ2) is 4.05. The predicted molar refractivity (Wildman–Crippen MR) is 32.1 cm³/mol. The molecule has 0 spiro atoms. The molecule has 0 aliphatic rings. The Morgan fingerprint density at radius 3 is 3.25 bits per heavy atom. The molecule has 1 nitrogen and oxygen atoms in total. The molecule has 4 heavy (non-hydrogen) atoms. The minimum absolute atomic E-state index is 0.522. The van der Waals surface area contributed by atoms with Gasteiger partial charge < -0.3 is 0 Å². The molecule has 0 fully saturated rings. The fourth-order valence-electron chi connectivity index (χ4n) is 0. The first-order valence-electron chi connectivity index (χ1n) is 0.981. The molecule has 0 heterocycles. The van der Waals surface area contributed by atoms with E-state index in [1.807, 2.05) is 22.9 Å². The van der Waals surface area contributed by atoms with Gasteiger partial charge in [0, 0.05) is 0 Å². The second-order valence-electron chi connectivity index (χ2n) is 0.151. The highest BCUT2D eigenvalue weighted by molar-refractivity contribution is 14.1. The molecule has 0 saturated heterocycles. The van der Waals surface area contributed by atoms with Crippen molar-refractivity contribution >= 4 is 41.6 Å². The van der Waals surface area contributed by atoms with Crippen LogP contribution in [0.1, 0.15) is 0 Å². The van der Waals surface area contributed by atoms with Crippen molar-refractivity contribution in [1.29, 1.82) is 1.28 Å². The second-order valence-corrected chi connectivity index (χ2v) is 2.12. The molecule has 24 valence electrons. The smallest absolute Gasteiger partial charge is 0.106 e. The third-order valence-corrected chi connectivity index (χ3v) is 1.86. The molecule has 0 aliphatic heterocycles. The minimum Gasteiger partial charge on any atom is -0.156 e. The summed E-state index contributed by atoms with van der Waals surface area (Å²) in [7, 11) is 1.74. The monoisotopic (exact) mass is 207 g/mol. The molecule has 0 aromatic carbocycles. The molecule has 0 bridgehead atoms. The average Bonchev–Trinajstić information content (AvgIpc) is 1.41. The maximum absolute atomic E-state index is 6.44. The van der Waals surface area contributed by atoms with Crippen molar-refractivity contribution < 1.29 is 0 Å². The Kier molecular flexibility index (Phi) is 3.29. The van der Waals surface area contributed by atoms with E-state index >= 15 is 0 Å². The van der Waals surface area contributed by atoms with E-state index in [-0.39, 0.29) is 0 Å². The molecule has 0 rings (SSSR count). The molecule has 0 aromatic heterocycles. The van der Waals surface area contributed by atoms with Crippen LogP contribution in [0.5, 0.6) is 0 Å². The van der Waals surface area contributed by atoms with E-state index < -0.39 is 0 Å². The van der Waals surface area contributed by atoms with Crippen LogP contribution in [0.15, 0.2) is 2.58 Å². The molecule has 0 radical (unpaired) electrons. The van der Waals surface area contributed by atoms with Crippen LogP contribution < -0.4 is 0 Å². The highest BCUT2D eigenvalue weighted by atomic mass is 127. The van der Waals surface area contributed by atoms with Crippen LogP contribution in [0.4, 0.5) is 0 Å². The van der Waals surface area contributed by atoms with Gasteiger partial charge in [-0.25, -0.2) is 0 Å². The van der Waals surface area contributed by atoms with Crippen LogP contribution >= 0.6 is 30.8 Å². The Hall–Kier alpha value is 1.05. The van der Waals surface area contributed by atoms with Gasteiger partial charge in [-0.2, -0.15) is 2.58 Å². The molecular weight excluding hydrogens is 204 g/mol. The molecule has 0 atom stereocenters. The molecule has 0 N–H and O–H groups in total. The van der Waals surface area contributed by atoms with Crippen LogP contribution in [-0.4, -0.2) is 1.28 Å². The van der Waals surface area contributed by atoms with Crippen LogP contribution in [-0.2, 0) is 10.7 Å². The van der Waals surface area contributed by atoms with Crippen LogP contribution in [0, 0.1) is 0 Å². The molecule has 0 aromatic rings. The van der Waals surface area contributed by atoms with Crippen LogP contribution in [0.25, 0.3) is 0 Å². The molecule has 4 heteroatoms. The Labute approximate surface area is 45.5 Å². The van der Waals surface area contributed by atoms with E-state index in [1.54, 1.807) is 0 Å². The van der Waals surface area contributed by atoms with Gasteiger partial charge in [-0.15, -0.1) is 0 Å². The first-order chi connectivity index (χ1) is 2.41. The molecule has 0 unspecified atom stereocenters. The fraction of sp³-hybridized carbons (Fsp3) is 0. The summed E-state index contributed by atoms with van der Waals surface area (Å²) in [5.41, 5.74) is 0. The normalized spacial score (nSPS) is 9.75. The number of hydrogen-bond acceptors (Lipinski definition) is 1. The Balaban J connectivity index is 3.26. The quantitative estimate of drug-likeness (QED) is 0.423. The van der Waals surface area contributed by atoms with Crippen LogP contribution in [0.2, 0.25) is 0 Å². The van der Waals surface area contributed by atoms with E-state index in [9.17, 15) is 0 Å². The van der Waals surface area contributed by atoms with Crippen molar-refractivity contribution in [2.45, 2.75) is 0 Å². The van der Waals surface area contributed by atoms with Crippen molar-refractivity contribution in [3.8, 4) is 0 Å². The predicted octanol–water partition coefficient (Wildman–Crippen LogP) is 1.66. The average molecular weight is 207 g/mol. The SMILES string of the molecule is [3H]P=S=NI. The fourth-order valence-corrected chi connectivity index (χ4v) is 0. The lowest BCUT2D eigenvalue weighted by Gasteiger charge is -1.36. The number of hydrogen-bond donors (Lipinski definition) is 0. The highest BCUT2D eigenvalue weighted by Gasteiger charge is 1.26. The first-order valence-corrected chi connectivity index (χ1v) is 3.32. The van der Waals surface area contributed by atoms with Gasteiger partial charge in [-0.3, -0.25) is 0 Å². The van der Waals surface area contributed by atoms with E-state index in [2.05, 4.69) is 2.58 Å². The largest absolute Gasteiger partial charge is 0.156 e. The van der Waals surface area contributed by atoms with Gasteiger partial charge in [0.2, 0.25) is 0 Å². The van der Waals surface area contributed by atoms with Gasteiger partial charge in [0.05, 0.1) is 22.9 Å². The first kappa shape index (κ1) is 3.25. The number of rotatable bonds is 0. The van der Waals surface area contributed by atoms with Crippen molar-refractivity contribution in [3.63, 3.8) is 0 Å². The van der Waals surface area contributed by atoms with Gasteiger partial charge in [0.15, 0.2) is 0 Å². The lowest BCUT2D eigenvalue weighted by molar-refractivity contribution is 2.24. The zero-order chi connectivity index (χ0) is 4.12.